The third kappa shape index (κ3) is 2.03. The molecule has 0 bridgehead atoms. The van der Waals surface area contributed by atoms with Gasteiger partial charge in [0.25, 0.3) is 5.91 Å². The second kappa shape index (κ2) is 4.06. The lowest BCUT2D eigenvalue weighted by molar-refractivity contribution is 0.0690. The van der Waals surface area contributed by atoms with Crippen molar-refractivity contribution < 1.29 is 14.7 Å². The quantitative estimate of drug-likeness (QED) is 0.704. The number of carbonyl (C=O) groups is 2. The topological polar surface area (TPSA) is 121 Å². The molecule has 0 aliphatic rings. The van der Waals surface area contributed by atoms with Gasteiger partial charge in [-0.2, -0.15) is 5.10 Å². The van der Waals surface area contributed by atoms with Crippen molar-refractivity contribution >= 4 is 29.2 Å². The fourth-order valence-electron chi connectivity index (χ4n) is 0.939. The minimum Gasteiger partial charge on any atom is -0.477 e. The fraction of sp³-hybridized carbons (Fsp3) is 0. The van der Waals surface area contributed by atoms with Crippen molar-refractivity contribution in [1.82, 2.24) is 19.8 Å². The average molecular weight is 239 g/mol. The number of hydrogen-bond donors (Lipinski definition) is 3. The van der Waals surface area contributed by atoms with Crippen LogP contribution in [0.25, 0.3) is 0 Å². The Bertz CT molecular complexity index is 520. The van der Waals surface area contributed by atoms with Crippen LogP contribution >= 0.6 is 11.5 Å². The van der Waals surface area contributed by atoms with Gasteiger partial charge in [0.1, 0.15) is 5.69 Å². The molecule has 0 saturated carbocycles. The lowest BCUT2D eigenvalue weighted by atomic mass is 10.4. The lowest BCUT2D eigenvalue weighted by Gasteiger charge is -1.95. The Labute approximate surface area is 92.5 Å². The van der Waals surface area contributed by atoms with Crippen LogP contribution in [-0.4, -0.2) is 36.8 Å². The summed E-state index contributed by atoms with van der Waals surface area (Å²) in [6, 6.07) is 1.21. The zero-order valence-corrected chi connectivity index (χ0v) is 8.48. The molecule has 3 N–H and O–H groups in total. The zero-order chi connectivity index (χ0) is 11.5. The summed E-state index contributed by atoms with van der Waals surface area (Å²) in [4.78, 5) is 22.0. The highest BCUT2D eigenvalue weighted by atomic mass is 32.1. The summed E-state index contributed by atoms with van der Waals surface area (Å²) in [6.07, 6.45) is 0. The molecule has 2 aromatic heterocycles. The number of hydrogen-bond acceptors (Lipinski definition) is 6. The van der Waals surface area contributed by atoms with Crippen LogP contribution in [0.15, 0.2) is 11.4 Å². The maximum absolute atomic E-state index is 11.4. The normalized spacial score (nSPS) is 10.0. The molecular formula is C7H5N5O3S. The Kier molecular flexibility index (Phi) is 2.60. The van der Waals surface area contributed by atoms with Crippen molar-refractivity contribution in [3.8, 4) is 0 Å². The summed E-state index contributed by atoms with van der Waals surface area (Å²) in [5.41, 5.74) is 0.0524. The Balaban J connectivity index is 2.09. The van der Waals surface area contributed by atoms with E-state index < -0.39 is 11.9 Å². The average Bonchev–Trinajstić information content (AvgIpc) is 2.87. The van der Waals surface area contributed by atoms with Gasteiger partial charge in [-0.15, -0.1) is 5.10 Å². The van der Waals surface area contributed by atoms with Gasteiger partial charge < -0.3 is 10.4 Å². The molecule has 8 nitrogen and oxygen atoms in total. The van der Waals surface area contributed by atoms with Crippen LogP contribution in [0.5, 0.6) is 0 Å². The number of amides is 1. The Morgan fingerprint density at radius 2 is 2.31 bits per heavy atom. The highest BCUT2D eigenvalue weighted by Crippen LogP contribution is 2.07. The predicted octanol–water partition coefficient (Wildman–Crippen LogP) is 0.212. The minimum atomic E-state index is -1.15. The standard InChI is InChI=1S/C7H5N5O3S/c13-6(4-2-16-12-10-4)8-5-1-3(7(14)15)9-11-5/h1-2H,(H,14,15)(H2,8,9,11,13). The summed E-state index contributed by atoms with van der Waals surface area (Å²) in [5.74, 6) is -1.52. The van der Waals surface area contributed by atoms with Gasteiger partial charge in [0.05, 0.1) is 0 Å². The molecule has 2 rings (SSSR count). The highest BCUT2D eigenvalue weighted by Gasteiger charge is 2.12. The largest absolute Gasteiger partial charge is 0.477 e. The van der Waals surface area contributed by atoms with Crippen molar-refractivity contribution in [2.45, 2.75) is 0 Å². The number of carboxylic acids is 1. The number of aromatic nitrogens is 4. The monoisotopic (exact) mass is 239 g/mol. The number of H-pyrrole nitrogens is 1. The Morgan fingerprint density at radius 1 is 1.50 bits per heavy atom. The number of carbonyl (C=O) groups excluding carboxylic acids is 1. The fourth-order valence-corrected chi connectivity index (χ4v) is 1.38. The second-order valence-corrected chi connectivity index (χ2v) is 3.33. The van der Waals surface area contributed by atoms with Crippen molar-refractivity contribution in [3.63, 3.8) is 0 Å². The van der Waals surface area contributed by atoms with E-state index in [0.29, 0.717) is 0 Å². The van der Waals surface area contributed by atoms with E-state index in [0.717, 1.165) is 11.5 Å². The molecule has 1 amide bonds. The van der Waals surface area contributed by atoms with Crippen LogP contribution in [0, 0.1) is 0 Å². The van der Waals surface area contributed by atoms with Gasteiger partial charge >= 0.3 is 5.97 Å². The summed E-state index contributed by atoms with van der Waals surface area (Å²) >= 11 is 1.04. The molecule has 0 aromatic carbocycles. The predicted molar refractivity (Wildman–Crippen MR) is 53.4 cm³/mol. The first-order valence-electron chi connectivity index (χ1n) is 4.04. The van der Waals surface area contributed by atoms with Crippen LogP contribution in [0.3, 0.4) is 0 Å². The van der Waals surface area contributed by atoms with Crippen molar-refractivity contribution in [2.75, 3.05) is 5.32 Å². The highest BCUT2D eigenvalue weighted by molar-refractivity contribution is 7.03. The molecule has 82 valence electrons. The van der Waals surface area contributed by atoms with Gasteiger partial charge in [-0.25, -0.2) is 4.79 Å². The van der Waals surface area contributed by atoms with Gasteiger partial charge in [-0.3, -0.25) is 9.89 Å². The van der Waals surface area contributed by atoms with Gasteiger partial charge in [0.2, 0.25) is 0 Å². The van der Waals surface area contributed by atoms with E-state index in [1.807, 2.05) is 0 Å². The number of anilines is 1. The molecule has 0 radical (unpaired) electrons. The molecular weight excluding hydrogens is 234 g/mol. The SMILES string of the molecule is O=C(Nc1cc(C(=O)O)[nH]n1)c1csnn1. The third-order valence-electron chi connectivity index (χ3n) is 1.64. The second-order valence-electron chi connectivity index (χ2n) is 2.72. The molecule has 0 spiro atoms. The molecule has 2 heterocycles. The number of aromatic amines is 1. The van der Waals surface area contributed by atoms with Crippen LogP contribution in [-0.2, 0) is 0 Å². The summed E-state index contributed by atoms with van der Waals surface area (Å²) in [6.45, 7) is 0. The Hall–Kier alpha value is -2.29. The minimum absolute atomic E-state index is 0.105. The molecule has 0 fully saturated rings. The zero-order valence-electron chi connectivity index (χ0n) is 7.67. The molecule has 0 aliphatic heterocycles. The number of carboxylic acid groups (broad SMARTS) is 1. The summed E-state index contributed by atoms with van der Waals surface area (Å²) in [7, 11) is 0. The Morgan fingerprint density at radius 3 is 2.88 bits per heavy atom. The molecule has 0 atom stereocenters. The van der Waals surface area contributed by atoms with E-state index in [2.05, 4.69) is 25.1 Å². The number of aromatic carboxylic acids is 1. The van der Waals surface area contributed by atoms with E-state index in [1.165, 1.54) is 11.4 Å². The molecule has 0 aliphatic carbocycles. The van der Waals surface area contributed by atoms with Crippen LogP contribution in [0.1, 0.15) is 21.0 Å². The number of nitrogens with one attached hydrogen (secondary N) is 2. The van der Waals surface area contributed by atoms with E-state index in [9.17, 15) is 9.59 Å². The van der Waals surface area contributed by atoms with Gasteiger partial charge in [0, 0.05) is 11.4 Å². The molecule has 0 unspecified atom stereocenters. The molecule has 0 saturated heterocycles. The third-order valence-corrected chi connectivity index (χ3v) is 2.15. The van der Waals surface area contributed by atoms with E-state index in [-0.39, 0.29) is 17.2 Å². The van der Waals surface area contributed by atoms with E-state index >= 15 is 0 Å². The van der Waals surface area contributed by atoms with Crippen LogP contribution < -0.4 is 5.32 Å². The van der Waals surface area contributed by atoms with E-state index in [4.69, 9.17) is 5.11 Å². The first-order valence-corrected chi connectivity index (χ1v) is 4.87. The van der Waals surface area contributed by atoms with E-state index in [1.54, 1.807) is 0 Å². The first kappa shape index (κ1) is 10.2. The van der Waals surface area contributed by atoms with Crippen LogP contribution in [0.4, 0.5) is 5.82 Å². The summed E-state index contributed by atoms with van der Waals surface area (Å²) < 4.78 is 3.53. The van der Waals surface area contributed by atoms with Crippen molar-refractivity contribution in [1.29, 1.82) is 0 Å². The van der Waals surface area contributed by atoms with Gasteiger partial charge in [-0.1, -0.05) is 4.49 Å². The van der Waals surface area contributed by atoms with Crippen LogP contribution in [0.2, 0.25) is 0 Å². The van der Waals surface area contributed by atoms with Crippen molar-refractivity contribution in [2.24, 2.45) is 0 Å². The number of rotatable bonds is 3. The van der Waals surface area contributed by atoms with Gasteiger partial charge in [0.15, 0.2) is 11.5 Å². The molecule has 2 aromatic rings. The first-order chi connectivity index (χ1) is 7.66. The maximum atomic E-state index is 11.4. The smallest absolute Gasteiger partial charge is 0.353 e. The maximum Gasteiger partial charge on any atom is 0.353 e. The summed E-state index contributed by atoms with van der Waals surface area (Å²) in [5, 5.41) is 21.9. The molecule has 9 heteroatoms. The number of nitrogens with zero attached hydrogens (tertiary/aromatic N) is 3. The van der Waals surface area contributed by atoms with Crippen molar-refractivity contribution in [3.05, 3.63) is 22.8 Å². The molecule has 16 heavy (non-hydrogen) atoms. The van der Waals surface area contributed by atoms with Gasteiger partial charge in [-0.05, 0) is 11.5 Å². The lowest BCUT2D eigenvalue weighted by Crippen LogP contribution is -2.12.